The van der Waals surface area contributed by atoms with Gasteiger partial charge in [-0.05, 0) is 44.2 Å². The van der Waals surface area contributed by atoms with Crippen molar-refractivity contribution in [2.45, 2.75) is 20.6 Å². The number of allylic oxidation sites excluding steroid dienone is 1. The number of hydrogen-bond donors (Lipinski definition) is 1. The summed E-state index contributed by atoms with van der Waals surface area (Å²) < 4.78 is 11.8. The van der Waals surface area contributed by atoms with Crippen LogP contribution in [0, 0.1) is 0 Å². The monoisotopic (exact) mass is 363 g/mol. The number of aromatic nitrogens is 2. The Morgan fingerprint density at radius 3 is 2.68 bits per heavy atom. The zero-order chi connectivity index (χ0) is 18.2. The van der Waals surface area contributed by atoms with Crippen molar-refractivity contribution in [1.29, 1.82) is 0 Å². The van der Waals surface area contributed by atoms with Crippen molar-refractivity contribution < 1.29 is 19.1 Å². The third kappa shape index (κ3) is 5.96. The van der Waals surface area contributed by atoms with Crippen LogP contribution in [0.2, 0.25) is 5.02 Å². The van der Waals surface area contributed by atoms with Crippen LogP contribution < -0.4 is 10.1 Å². The number of rotatable bonds is 7. The van der Waals surface area contributed by atoms with Crippen molar-refractivity contribution in [2.24, 2.45) is 0 Å². The van der Waals surface area contributed by atoms with Gasteiger partial charge in [0.25, 0.3) is 5.91 Å². The van der Waals surface area contributed by atoms with Gasteiger partial charge in [0.15, 0.2) is 12.4 Å². The summed E-state index contributed by atoms with van der Waals surface area (Å²) >= 11 is 5.81. The van der Waals surface area contributed by atoms with Gasteiger partial charge in [-0.25, -0.2) is 9.48 Å². The quantitative estimate of drug-likeness (QED) is 0.604. The molecule has 1 heterocycles. The lowest BCUT2D eigenvalue weighted by molar-refractivity contribution is -0.137. The van der Waals surface area contributed by atoms with Crippen LogP contribution in [0.5, 0.6) is 5.75 Å². The van der Waals surface area contributed by atoms with Gasteiger partial charge in [0.1, 0.15) is 5.75 Å². The molecule has 25 heavy (non-hydrogen) atoms. The van der Waals surface area contributed by atoms with E-state index in [2.05, 4.69) is 10.4 Å². The Labute approximate surface area is 150 Å². The molecular formula is C17H18ClN3O4. The van der Waals surface area contributed by atoms with Crippen LogP contribution in [0.25, 0.3) is 0 Å². The summed E-state index contributed by atoms with van der Waals surface area (Å²) in [5.41, 5.74) is 0.576. The Kier molecular flexibility index (Phi) is 6.59. The highest BCUT2D eigenvalue weighted by molar-refractivity contribution is 6.30. The van der Waals surface area contributed by atoms with E-state index in [1.807, 2.05) is 0 Å². The molecule has 1 aromatic carbocycles. The number of halogens is 1. The molecule has 8 heteroatoms. The minimum Gasteiger partial charge on any atom is -0.471 e. The van der Waals surface area contributed by atoms with Crippen molar-refractivity contribution in [2.75, 3.05) is 6.61 Å². The molecule has 0 radical (unpaired) electrons. The zero-order valence-corrected chi connectivity index (χ0v) is 14.6. The Morgan fingerprint density at radius 1 is 1.28 bits per heavy atom. The van der Waals surface area contributed by atoms with Crippen LogP contribution in [0.4, 0.5) is 0 Å². The van der Waals surface area contributed by atoms with E-state index in [-0.39, 0.29) is 19.0 Å². The Balaban J connectivity index is 1.90. The van der Waals surface area contributed by atoms with Crippen molar-refractivity contribution in [3.8, 4) is 5.75 Å². The van der Waals surface area contributed by atoms with E-state index in [0.29, 0.717) is 16.5 Å². The van der Waals surface area contributed by atoms with Gasteiger partial charge < -0.3 is 14.8 Å². The molecule has 1 aromatic heterocycles. The van der Waals surface area contributed by atoms with E-state index in [0.717, 1.165) is 0 Å². The lowest BCUT2D eigenvalue weighted by Gasteiger charge is -2.06. The normalized spacial score (nSPS) is 11.1. The number of ether oxygens (including phenoxy) is 2. The maximum Gasteiger partial charge on any atom is 0.332 e. The topological polar surface area (TPSA) is 82.5 Å². The summed E-state index contributed by atoms with van der Waals surface area (Å²) in [5, 5.41) is 7.31. The minimum absolute atomic E-state index is 0.145. The van der Waals surface area contributed by atoms with Crippen molar-refractivity contribution in [1.82, 2.24) is 15.1 Å². The van der Waals surface area contributed by atoms with Gasteiger partial charge in [-0.1, -0.05) is 11.6 Å². The second-order valence-electron chi connectivity index (χ2n) is 5.00. The lowest BCUT2D eigenvalue weighted by Crippen LogP contribution is -2.23. The molecule has 0 fully saturated rings. The molecule has 1 N–H and O–H groups in total. The molecule has 0 aliphatic heterocycles. The summed E-state index contributed by atoms with van der Waals surface area (Å²) in [6.07, 6.45) is 2.83. The van der Waals surface area contributed by atoms with Gasteiger partial charge >= 0.3 is 5.97 Å². The van der Waals surface area contributed by atoms with E-state index in [1.165, 1.54) is 10.8 Å². The smallest absolute Gasteiger partial charge is 0.332 e. The second-order valence-corrected chi connectivity index (χ2v) is 5.44. The number of carbonyl (C=O) groups is 2. The number of carbonyl (C=O) groups excluding carboxylic acids is 2. The van der Waals surface area contributed by atoms with E-state index in [9.17, 15) is 9.59 Å². The first-order valence-corrected chi connectivity index (χ1v) is 7.94. The number of esters is 1. The van der Waals surface area contributed by atoms with Gasteiger partial charge in [-0.2, -0.15) is 5.10 Å². The van der Waals surface area contributed by atoms with E-state index in [4.69, 9.17) is 21.1 Å². The van der Waals surface area contributed by atoms with E-state index < -0.39 is 11.9 Å². The number of benzene rings is 1. The molecule has 0 unspecified atom stereocenters. The molecule has 0 bridgehead atoms. The van der Waals surface area contributed by atoms with Gasteiger partial charge in [0.2, 0.25) is 0 Å². The summed E-state index contributed by atoms with van der Waals surface area (Å²) in [6, 6.07) is 8.47. The highest BCUT2D eigenvalue weighted by Gasteiger charge is 2.10. The highest BCUT2D eigenvalue weighted by atomic mass is 35.5. The molecule has 1 amide bonds. The molecule has 0 aliphatic carbocycles. The summed E-state index contributed by atoms with van der Waals surface area (Å²) in [7, 11) is 0. The number of nitrogens with one attached hydrogen (secondary N) is 1. The van der Waals surface area contributed by atoms with Crippen LogP contribution in [-0.4, -0.2) is 28.3 Å². The average molecular weight is 364 g/mol. The molecule has 132 valence electrons. The zero-order valence-electron chi connectivity index (χ0n) is 13.9. The van der Waals surface area contributed by atoms with Crippen LogP contribution in [-0.2, 0) is 16.3 Å². The third-order valence-corrected chi connectivity index (χ3v) is 3.23. The number of hydrogen-bond acceptors (Lipinski definition) is 5. The predicted octanol–water partition coefficient (Wildman–Crippen LogP) is 2.77. The third-order valence-electron chi connectivity index (χ3n) is 2.98. The highest BCUT2D eigenvalue weighted by Crippen LogP contribution is 2.15. The summed E-state index contributed by atoms with van der Waals surface area (Å²) in [5.74, 6) is -0.301. The first-order chi connectivity index (χ1) is 12.0. The Bertz CT molecular complexity index is 768. The second kappa shape index (κ2) is 8.89. The molecule has 2 aromatic rings. The fraction of sp³-hybridized carbons (Fsp3) is 0.235. The van der Waals surface area contributed by atoms with Crippen LogP contribution in [0.1, 0.15) is 24.3 Å². The largest absolute Gasteiger partial charge is 0.471 e. The molecule has 2 rings (SSSR count). The first-order valence-electron chi connectivity index (χ1n) is 7.56. The summed E-state index contributed by atoms with van der Waals surface area (Å²) in [6.45, 7) is 3.72. The predicted molar refractivity (Wildman–Crippen MR) is 92.2 cm³/mol. The van der Waals surface area contributed by atoms with Crippen molar-refractivity contribution in [3.63, 3.8) is 0 Å². The molecular weight excluding hydrogens is 346 g/mol. The molecule has 0 saturated heterocycles. The summed E-state index contributed by atoms with van der Waals surface area (Å²) in [4.78, 5) is 23.4. The van der Waals surface area contributed by atoms with Gasteiger partial charge in [-0.3, -0.25) is 4.79 Å². The first kappa shape index (κ1) is 18.5. The van der Waals surface area contributed by atoms with Crippen LogP contribution in [0.3, 0.4) is 0 Å². The van der Waals surface area contributed by atoms with Crippen molar-refractivity contribution >= 4 is 23.5 Å². The molecule has 0 atom stereocenters. The SMILES string of the molecule is CCOC(=O)/C=C(\C)NC(=O)c1ccn(COc2ccc(Cl)cc2)n1. The fourth-order valence-corrected chi connectivity index (χ4v) is 1.99. The molecule has 0 spiro atoms. The van der Waals surface area contributed by atoms with Gasteiger partial charge in [-0.15, -0.1) is 0 Å². The maximum atomic E-state index is 12.1. The van der Waals surface area contributed by atoms with Crippen LogP contribution in [0.15, 0.2) is 48.3 Å². The van der Waals surface area contributed by atoms with Gasteiger partial charge in [0.05, 0.1) is 6.61 Å². The Hall–Kier alpha value is -2.80. The standard InChI is InChI=1S/C17H18ClN3O4/c1-3-24-16(22)10-12(2)19-17(23)15-8-9-21(20-15)11-25-14-6-4-13(18)5-7-14/h4-10H,3,11H2,1-2H3,(H,19,23)/b12-10+. The maximum absolute atomic E-state index is 12.1. The number of amides is 1. The molecule has 7 nitrogen and oxygen atoms in total. The van der Waals surface area contributed by atoms with Crippen LogP contribution >= 0.6 is 11.6 Å². The number of nitrogens with zero attached hydrogens (tertiary/aromatic N) is 2. The van der Waals surface area contributed by atoms with Crippen molar-refractivity contribution in [3.05, 3.63) is 59.0 Å². The van der Waals surface area contributed by atoms with E-state index >= 15 is 0 Å². The minimum atomic E-state index is -0.512. The van der Waals surface area contributed by atoms with Gasteiger partial charge in [0, 0.05) is 23.0 Å². The fourth-order valence-electron chi connectivity index (χ4n) is 1.87. The van der Waals surface area contributed by atoms with E-state index in [1.54, 1.807) is 50.4 Å². The molecule has 0 saturated carbocycles. The Morgan fingerprint density at radius 2 is 2.00 bits per heavy atom. The lowest BCUT2D eigenvalue weighted by atomic mass is 10.3. The average Bonchev–Trinajstić information content (AvgIpc) is 3.03. The molecule has 0 aliphatic rings.